The standard InChI is InChI=1S/C29H32NO4/c1-5-30(6-2,25-13-9-8-10-14-25)28(31)24-20-17-22(18-21-24)16-19-23-12-11-15-26(33-4)27(23)29(32)34-7-3/h8-21H,5-7H2,1-4H3/q+1/b19-16+. The molecule has 0 aromatic heterocycles. The molecule has 0 saturated heterocycles. The van der Waals surface area contributed by atoms with E-state index in [-0.39, 0.29) is 17.0 Å². The Labute approximate surface area is 201 Å². The van der Waals surface area contributed by atoms with Crippen LogP contribution in [0, 0.1) is 0 Å². The second kappa shape index (κ2) is 11.4. The van der Waals surface area contributed by atoms with Crippen LogP contribution in [-0.4, -0.2) is 38.7 Å². The fourth-order valence-electron chi connectivity index (χ4n) is 4.16. The minimum absolute atomic E-state index is 0.0733. The number of quaternary nitrogens is 1. The predicted molar refractivity (Wildman–Crippen MR) is 138 cm³/mol. The lowest BCUT2D eigenvalue weighted by molar-refractivity contribution is 0.0522. The number of para-hydroxylation sites is 1. The van der Waals surface area contributed by atoms with Crippen LogP contribution in [0.1, 0.15) is 52.6 Å². The Balaban J connectivity index is 1.88. The third-order valence-corrected chi connectivity index (χ3v) is 6.09. The quantitative estimate of drug-likeness (QED) is 0.217. The SMILES string of the molecule is CCOC(=O)c1c(/C=C/c2ccc(C(=O)[N+](CC)(CC)c3ccccc3)cc2)cccc1OC. The van der Waals surface area contributed by atoms with Crippen LogP contribution in [0.2, 0.25) is 0 Å². The van der Waals surface area contributed by atoms with Crippen LogP contribution >= 0.6 is 0 Å². The maximum absolute atomic E-state index is 13.6. The summed E-state index contributed by atoms with van der Waals surface area (Å²) in [5.74, 6) is 0.120. The van der Waals surface area contributed by atoms with Gasteiger partial charge in [0.15, 0.2) is 0 Å². The highest BCUT2D eigenvalue weighted by Crippen LogP contribution is 2.27. The first-order valence-corrected chi connectivity index (χ1v) is 11.6. The summed E-state index contributed by atoms with van der Waals surface area (Å²) in [7, 11) is 1.53. The van der Waals surface area contributed by atoms with Gasteiger partial charge in [0, 0.05) is 0 Å². The van der Waals surface area contributed by atoms with Crippen LogP contribution in [0.4, 0.5) is 5.69 Å². The van der Waals surface area contributed by atoms with Crippen LogP contribution in [0.15, 0.2) is 72.8 Å². The molecule has 34 heavy (non-hydrogen) atoms. The molecule has 3 aromatic rings. The minimum atomic E-state index is -0.422. The largest absolute Gasteiger partial charge is 0.496 e. The number of esters is 1. The molecule has 0 saturated carbocycles. The van der Waals surface area contributed by atoms with Crippen molar-refractivity contribution in [3.8, 4) is 5.75 Å². The Morgan fingerprint density at radius 1 is 0.824 bits per heavy atom. The summed E-state index contributed by atoms with van der Waals surface area (Å²) in [6.45, 7) is 7.49. The van der Waals surface area contributed by atoms with Gasteiger partial charge in [0.25, 0.3) is 0 Å². The summed E-state index contributed by atoms with van der Waals surface area (Å²) in [6, 6.07) is 22.9. The number of hydrogen-bond donors (Lipinski definition) is 0. The maximum atomic E-state index is 13.6. The highest BCUT2D eigenvalue weighted by molar-refractivity contribution is 6.02. The number of benzene rings is 3. The van der Waals surface area contributed by atoms with Crippen molar-refractivity contribution in [3.63, 3.8) is 0 Å². The Morgan fingerprint density at radius 3 is 2.09 bits per heavy atom. The van der Waals surface area contributed by atoms with Crippen molar-refractivity contribution in [2.45, 2.75) is 20.8 Å². The van der Waals surface area contributed by atoms with Gasteiger partial charge in [-0.2, -0.15) is 0 Å². The molecular weight excluding hydrogens is 426 g/mol. The van der Waals surface area contributed by atoms with E-state index in [4.69, 9.17) is 9.47 Å². The van der Waals surface area contributed by atoms with Crippen LogP contribution < -0.4 is 9.22 Å². The molecule has 5 heteroatoms. The van der Waals surface area contributed by atoms with Gasteiger partial charge in [0.1, 0.15) is 17.0 Å². The Hall–Kier alpha value is -3.70. The zero-order valence-electron chi connectivity index (χ0n) is 20.3. The number of methoxy groups -OCH3 is 1. The zero-order valence-corrected chi connectivity index (χ0v) is 20.3. The van der Waals surface area contributed by atoms with Gasteiger partial charge in [-0.05, 0) is 62.2 Å². The average molecular weight is 459 g/mol. The summed E-state index contributed by atoms with van der Waals surface area (Å²) < 4.78 is 10.8. The second-order valence-electron chi connectivity index (χ2n) is 7.84. The molecule has 3 aromatic carbocycles. The fraction of sp³-hybridized carbons (Fsp3) is 0.241. The lowest BCUT2D eigenvalue weighted by Gasteiger charge is -2.33. The molecule has 5 nitrogen and oxygen atoms in total. The summed E-state index contributed by atoms with van der Waals surface area (Å²) >= 11 is 0. The molecule has 0 aliphatic heterocycles. The van der Waals surface area contributed by atoms with E-state index in [1.807, 2.05) is 92.7 Å². The van der Waals surface area contributed by atoms with E-state index >= 15 is 0 Å². The normalized spacial score (nSPS) is 11.4. The number of carbonyl (C=O) groups is 2. The molecule has 176 valence electrons. The van der Waals surface area contributed by atoms with Gasteiger partial charge in [0.05, 0.1) is 32.4 Å². The molecular formula is C29H32NO4+. The summed E-state index contributed by atoms with van der Waals surface area (Å²) in [6.07, 6.45) is 3.76. The van der Waals surface area contributed by atoms with Crippen LogP contribution in [0.25, 0.3) is 12.2 Å². The number of amides is 1. The lowest BCUT2D eigenvalue weighted by atomic mass is 10.0. The fourth-order valence-corrected chi connectivity index (χ4v) is 4.16. The molecule has 1 amide bonds. The third kappa shape index (κ3) is 5.10. The first-order chi connectivity index (χ1) is 16.5. The molecule has 0 heterocycles. The molecule has 0 radical (unpaired) electrons. The molecule has 0 aliphatic rings. The molecule has 3 rings (SSSR count). The maximum Gasteiger partial charge on any atom is 0.350 e. The molecule has 0 fully saturated rings. The van der Waals surface area contributed by atoms with Gasteiger partial charge in [-0.25, -0.2) is 14.1 Å². The van der Waals surface area contributed by atoms with Gasteiger partial charge in [-0.15, -0.1) is 0 Å². The summed E-state index contributed by atoms with van der Waals surface area (Å²) in [4.78, 5) is 26.0. The molecule has 0 aliphatic carbocycles. The summed E-state index contributed by atoms with van der Waals surface area (Å²) in [5.41, 5.74) is 3.67. The van der Waals surface area contributed by atoms with E-state index in [1.165, 1.54) is 7.11 Å². The van der Waals surface area contributed by atoms with Crippen molar-refractivity contribution in [3.05, 3.63) is 95.1 Å². The topological polar surface area (TPSA) is 52.6 Å². The van der Waals surface area contributed by atoms with Gasteiger partial charge in [-0.3, -0.25) is 0 Å². The van der Waals surface area contributed by atoms with Crippen molar-refractivity contribution in [1.29, 1.82) is 0 Å². The van der Waals surface area contributed by atoms with E-state index in [0.29, 0.717) is 35.5 Å². The van der Waals surface area contributed by atoms with Crippen LogP contribution in [0.3, 0.4) is 0 Å². The molecule has 0 unspecified atom stereocenters. The van der Waals surface area contributed by atoms with Gasteiger partial charge >= 0.3 is 11.9 Å². The number of ether oxygens (including phenoxy) is 2. The zero-order chi connectivity index (χ0) is 24.6. The van der Waals surface area contributed by atoms with Crippen molar-refractivity contribution in [2.75, 3.05) is 26.8 Å². The number of hydrogen-bond acceptors (Lipinski definition) is 4. The highest BCUT2D eigenvalue weighted by atomic mass is 16.5. The second-order valence-corrected chi connectivity index (χ2v) is 7.84. The van der Waals surface area contributed by atoms with Crippen molar-refractivity contribution in [1.82, 2.24) is 4.48 Å². The van der Waals surface area contributed by atoms with E-state index in [1.54, 1.807) is 13.0 Å². The highest BCUT2D eigenvalue weighted by Gasteiger charge is 2.36. The molecule has 0 atom stereocenters. The van der Waals surface area contributed by atoms with Crippen LogP contribution in [0.5, 0.6) is 5.75 Å². The first-order valence-electron chi connectivity index (χ1n) is 11.6. The van der Waals surface area contributed by atoms with Gasteiger partial charge in [0.2, 0.25) is 0 Å². The molecule has 0 bridgehead atoms. The smallest absolute Gasteiger partial charge is 0.350 e. The summed E-state index contributed by atoms with van der Waals surface area (Å²) in [5, 5.41) is 0. The Kier molecular flexibility index (Phi) is 8.39. The minimum Gasteiger partial charge on any atom is -0.496 e. The Morgan fingerprint density at radius 2 is 1.50 bits per heavy atom. The van der Waals surface area contributed by atoms with E-state index in [2.05, 4.69) is 0 Å². The van der Waals surface area contributed by atoms with Gasteiger partial charge < -0.3 is 9.47 Å². The lowest BCUT2D eigenvalue weighted by Crippen LogP contribution is -2.54. The van der Waals surface area contributed by atoms with Crippen molar-refractivity contribution < 1.29 is 19.1 Å². The van der Waals surface area contributed by atoms with E-state index in [9.17, 15) is 9.59 Å². The van der Waals surface area contributed by atoms with E-state index in [0.717, 1.165) is 11.3 Å². The number of rotatable bonds is 9. The molecule has 0 spiro atoms. The predicted octanol–water partition coefficient (Wildman–Crippen LogP) is 6.23. The number of nitrogens with zero attached hydrogens (tertiary/aromatic N) is 1. The van der Waals surface area contributed by atoms with Crippen LogP contribution in [-0.2, 0) is 4.74 Å². The average Bonchev–Trinajstić information content (AvgIpc) is 2.89. The van der Waals surface area contributed by atoms with E-state index < -0.39 is 5.97 Å². The van der Waals surface area contributed by atoms with Crippen molar-refractivity contribution in [2.24, 2.45) is 0 Å². The number of carbonyl (C=O) groups excluding carboxylic acids is 2. The van der Waals surface area contributed by atoms with Crippen molar-refractivity contribution >= 4 is 29.7 Å². The van der Waals surface area contributed by atoms with Gasteiger partial charge in [-0.1, -0.05) is 54.6 Å². The Bertz CT molecular complexity index is 1150. The first kappa shape index (κ1) is 24.9. The molecule has 0 N–H and O–H groups in total. The third-order valence-electron chi connectivity index (χ3n) is 6.09. The monoisotopic (exact) mass is 458 g/mol.